The van der Waals surface area contributed by atoms with Crippen LogP contribution in [0.3, 0.4) is 0 Å². The fourth-order valence-electron chi connectivity index (χ4n) is 2.80. The molecule has 0 aliphatic carbocycles. The zero-order valence-corrected chi connectivity index (χ0v) is 13.5. The molecule has 3 atom stereocenters. The van der Waals surface area contributed by atoms with Gasteiger partial charge < -0.3 is 15.2 Å². The van der Waals surface area contributed by atoms with Crippen LogP contribution < -0.4 is 10.1 Å². The van der Waals surface area contributed by atoms with Crippen LogP contribution in [0.25, 0.3) is 0 Å². The minimum Gasteiger partial charge on any atom is -0.480 e. The fraction of sp³-hybridized carbons (Fsp3) is 0.278. The van der Waals surface area contributed by atoms with Crippen molar-refractivity contribution in [3.63, 3.8) is 0 Å². The van der Waals surface area contributed by atoms with Crippen molar-refractivity contribution in [2.75, 3.05) is 6.54 Å². The number of carbonyl (C=O) groups excluding carboxylic acids is 1. The van der Waals surface area contributed by atoms with Crippen molar-refractivity contribution >= 4 is 17.5 Å². The number of halogens is 1. The molecule has 1 aliphatic rings. The number of fused-ring (bicyclic) bond motifs is 1. The summed E-state index contributed by atoms with van der Waals surface area (Å²) in [6, 6.07) is 14.7. The third-order valence-corrected chi connectivity index (χ3v) is 4.45. The molecule has 5 heteroatoms. The Hall–Kier alpha value is -2.04. The highest BCUT2D eigenvalue weighted by Crippen LogP contribution is 2.37. The van der Waals surface area contributed by atoms with Gasteiger partial charge in [-0.2, -0.15) is 0 Å². The molecule has 0 spiro atoms. The van der Waals surface area contributed by atoms with Crippen molar-refractivity contribution in [3.8, 4) is 5.75 Å². The van der Waals surface area contributed by atoms with Gasteiger partial charge in [0.05, 0.1) is 6.10 Å². The van der Waals surface area contributed by atoms with Crippen LogP contribution >= 0.6 is 11.6 Å². The first-order valence-corrected chi connectivity index (χ1v) is 7.91. The number of aliphatic hydroxyl groups is 1. The van der Waals surface area contributed by atoms with Gasteiger partial charge in [-0.3, -0.25) is 4.79 Å². The molecule has 2 aromatic rings. The highest BCUT2D eigenvalue weighted by molar-refractivity contribution is 6.31. The van der Waals surface area contributed by atoms with Crippen LogP contribution in [0, 0.1) is 0 Å². The second-order valence-corrected chi connectivity index (χ2v) is 6.05. The minimum atomic E-state index is -0.855. The summed E-state index contributed by atoms with van der Waals surface area (Å²) in [5, 5.41) is 13.4. The molecule has 2 aromatic carbocycles. The number of nitrogens with one attached hydrogen (secondary N) is 1. The molecule has 0 aromatic heterocycles. The molecule has 4 nitrogen and oxygen atoms in total. The monoisotopic (exact) mass is 331 g/mol. The van der Waals surface area contributed by atoms with Crippen molar-refractivity contribution in [1.82, 2.24) is 5.32 Å². The third-order valence-electron chi connectivity index (χ3n) is 4.11. The SMILES string of the molecule is CC1c2ccccc2OC1C(=O)NCC(O)c1ccccc1Cl. The first-order valence-electron chi connectivity index (χ1n) is 7.53. The number of amides is 1. The minimum absolute atomic E-state index is 0.0244. The second kappa shape index (κ2) is 6.60. The maximum absolute atomic E-state index is 12.4. The van der Waals surface area contributed by atoms with E-state index in [2.05, 4.69) is 5.32 Å². The number of carbonyl (C=O) groups is 1. The van der Waals surface area contributed by atoms with Gasteiger partial charge >= 0.3 is 0 Å². The molecule has 120 valence electrons. The number of benzene rings is 2. The number of rotatable bonds is 4. The average Bonchev–Trinajstić information content (AvgIpc) is 2.90. The van der Waals surface area contributed by atoms with Gasteiger partial charge in [-0.15, -0.1) is 0 Å². The van der Waals surface area contributed by atoms with Crippen LogP contribution in [0.2, 0.25) is 5.02 Å². The van der Waals surface area contributed by atoms with Gasteiger partial charge in [-0.05, 0) is 12.1 Å². The molecule has 1 heterocycles. The Morgan fingerprint density at radius 3 is 2.70 bits per heavy atom. The van der Waals surface area contributed by atoms with Crippen molar-refractivity contribution in [2.24, 2.45) is 0 Å². The predicted octanol–water partition coefficient (Wildman–Crippen LogP) is 3.05. The first-order chi connectivity index (χ1) is 11.1. The van der Waals surface area contributed by atoms with E-state index in [-0.39, 0.29) is 18.4 Å². The highest BCUT2D eigenvalue weighted by Gasteiger charge is 2.36. The molecule has 1 aliphatic heterocycles. The first kappa shape index (κ1) is 15.8. The lowest BCUT2D eigenvalue weighted by atomic mass is 9.97. The van der Waals surface area contributed by atoms with Gasteiger partial charge in [-0.25, -0.2) is 0 Å². The standard InChI is InChI=1S/C18H18ClNO3/c1-11-12-6-3-5-9-16(12)23-17(11)18(22)20-10-15(21)13-7-2-4-8-14(13)19/h2-9,11,15,17,21H,10H2,1H3,(H,20,22). The van der Waals surface area contributed by atoms with Gasteiger partial charge in [0.1, 0.15) is 5.75 Å². The number of aliphatic hydroxyl groups excluding tert-OH is 1. The molecule has 1 amide bonds. The summed E-state index contributed by atoms with van der Waals surface area (Å²) in [6.07, 6.45) is -1.43. The zero-order valence-electron chi connectivity index (χ0n) is 12.7. The lowest BCUT2D eigenvalue weighted by molar-refractivity contribution is -0.128. The molecule has 3 unspecified atom stereocenters. The normalized spacial score (nSPS) is 20.5. The second-order valence-electron chi connectivity index (χ2n) is 5.65. The van der Waals surface area contributed by atoms with Crippen LogP contribution in [-0.2, 0) is 4.79 Å². The third kappa shape index (κ3) is 3.19. The molecule has 23 heavy (non-hydrogen) atoms. The van der Waals surface area contributed by atoms with Crippen LogP contribution in [0.5, 0.6) is 5.75 Å². The van der Waals surface area contributed by atoms with Gasteiger partial charge in [0.2, 0.25) is 0 Å². The smallest absolute Gasteiger partial charge is 0.261 e. The van der Waals surface area contributed by atoms with E-state index in [1.807, 2.05) is 31.2 Å². The number of hydrogen-bond donors (Lipinski definition) is 2. The summed E-state index contributed by atoms with van der Waals surface area (Å²) in [5.41, 5.74) is 1.62. The largest absolute Gasteiger partial charge is 0.480 e. The molecule has 2 N–H and O–H groups in total. The van der Waals surface area contributed by atoms with Crippen LogP contribution in [0.15, 0.2) is 48.5 Å². The topological polar surface area (TPSA) is 58.6 Å². The van der Waals surface area contributed by atoms with E-state index in [9.17, 15) is 9.90 Å². The number of ether oxygens (including phenoxy) is 1. The summed E-state index contributed by atoms with van der Waals surface area (Å²) in [6.45, 7) is 2.05. The fourth-order valence-corrected chi connectivity index (χ4v) is 3.06. The summed E-state index contributed by atoms with van der Waals surface area (Å²) in [5.74, 6) is 0.482. The Labute approximate surface area is 140 Å². The summed E-state index contributed by atoms with van der Waals surface area (Å²) in [7, 11) is 0. The maximum Gasteiger partial charge on any atom is 0.261 e. The molecule has 0 fully saturated rings. The zero-order chi connectivity index (χ0) is 16.4. The summed E-state index contributed by atoms with van der Waals surface area (Å²) in [4.78, 5) is 12.4. The van der Waals surface area contributed by atoms with E-state index >= 15 is 0 Å². The molecular formula is C18H18ClNO3. The van der Waals surface area contributed by atoms with E-state index in [4.69, 9.17) is 16.3 Å². The Kier molecular flexibility index (Phi) is 4.55. The van der Waals surface area contributed by atoms with Crippen LogP contribution in [-0.4, -0.2) is 23.7 Å². The van der Waals surface area contributed by atoms with E-state index in [0.29, 0.717) is 10.6 Å². The molecule has 0 radical (unpaired) electrons. The molecule has 0 bridgehead atoms. The van der Waals surface area contributed by atoms with Crippen molar-refractivity contribution in [2.45, 2.75) is 25.0 Å². The van der Waals surface area contributed by atoms with Crippen molar-refractivity contribution in [1.29, 1.82) is 0 Å². The molecule has 0 saturated carbocycles. The van der Waals surface area contributed by atoms with E-state index in [0.717, 1.165) is 11.3 Å². The van der Waals surface area contributed by atoms with Gasteiger partial charge in [0, 0.05) is 28.6 Å². The Morgan fingerprint density at radius 2 is 1.96 bits per heavy atom. The van der Waals surface area contributed by atoms with Crippen LogP contribution in [0.4, 0.5) is 0 Å². The lowest BCUT2D eigenvalue weighted by Crippen LogP contribution is -2.40. The molecular weight excluding hydrogens is 314 g/mol. The van der Waals surface area contributed by atoms with E-state index in [1.165, 1.54) is 0 Å². The molecule has 0 saturated heterocycles. The van der Waals surface area contributed by atoms with Crippen molar-refractivity contribution in [3.05, 3.63) is 64.7 Å². The van der Waals surface area contributed by atoms with E-state index in [1.54, 1.807) is 24.3 Å². The number of para-hydroxylation sites is 1. The van der Waals surface area contributed by atoms with Crippen molar-refractivity contribution < 1.29 is 14.6 Å². The number of hydrogen-bond acceptors (Lipinski definition) is 3. The average molecular weight is 332 g/mol. The highest BCUT2D eigenvalue weighted by atomic mass is 35.5. The predicted molar refractivity (Wildman–Crippen MR) is 88.7 cm³/mol. The summed E-state index contributed by atoms with van der Waals surface area (Å²) >= 11 is 6.05. The van der Waals surface area contributed by atoms with Gasteiger partial charge in [0.25, 0.3) is 5.91 Å². The van der Waals surface area contributed by atoms with E-state index < -0.39 is 12.2 Å². The maximum atomic E-state index is 12.4. The van der Waals surface area contributed by atoms with Gasteiger partial charge in [-0.1, -0.05) is 54.9 Å². The molecule has 3 rings (SSSR count). The van der Waals surface area contributed by atoms with Gasteiger partial charge in [0.15, 0.2) is 6.10 Å². The van der Waals surface area contributed by atoms with Crippen LogP contribution in [0.1, 0.15) is 30.1 Å². The Morgan fingerprint density at radius 1 is 1.26 bits per heavy atom. The quantitative estimate of drug-likeness (QED) is 0.905. The Bertz CT molecular complexity index is 719. The lowest BCUT2D eigenvalue weighted by Gasteiger charge is -2.18. The summed E-state index contributed by atoms with van der Waals surface area (Å²) < 4.78 is 5.72. The Balaban J connectivity index is 1.62.